The van der Waals surface area contributed by atoms with Gasteiger partial charge < -0.3 is 15.0 Å². The summed E-state index contributed by atoms with van der Waals surface area (Å²) in [5, 5.41) is 14.0. The summed E-state index contributed by atoms with van der Waals surface area (Å²) in [6.45, 7) is 6.18. The molecule has 3 heteroatoms. The van der Waals surface area contributed by atoms with Crippen molar-refractivity contribution in [1.82, 2.24) is 9.88 Å². The summed E-state index contributed by atoms with van der Waals surface area (Å²) >= 11 is 0. The first-order valence-corrected chi connectivity index (χ1v) is 8.14. The Bertz CT molecular complexity index is 789. The topological polar surface area (TPSA) is 37.2 Å². The lowest BCUT2D eigenvalue weighted by molar-refractivity contribution is 0.191. The number of benzene rings is 2. The molecule has 3 rings (SSSR count). The molecule has 0 radical (unpaired) electrons. The van der Waals surface area contributed by atoms with Crippen LogP contribution in [-0.2, 0) is 13.1 Å². The summed E-state index contributed by atoms with van der Waals surface area (Å²) in [5.41, 5.74) is 5.13. The number of rotatable bonds is 6. The Hall–Kier alpha value is -2.10. The fourth-order valence-electron chi connectivity index (χ4n) is 3.02. The molecule has 0 saturated carbocycles. The van der Waals surface area contributed by atoms with Gasteiger partial charge in [-0.05, 0) is 31.0 Å². The summed E-state index contributed by atoms with van der Waals surface area (Å²) in [4.78, 5) is 0. The van der Waals surface area contributed by atoms with Crippen molar-refractivity contribution in [2.75, 3.05) is 6.54 Å². The van der Waals surface area contributed by atoms with Gasteiger partial charge in [0.05, 0.1) is 6.10 Å². The second kappa shape index (κ2) is 6.99. The highest BCUT2D eigenvalue weighted by Gasteiger charge is 2.08. The maximum absolute atomic E-state index is 9.40. The van der Waals surface area contributed by atoms with Crippen molar-refractivity contribution in [2.24, 2.45) is 0 Å². The smallest absolute Gasteiger partial charge is 0.0636 e. The maximum Gasteiger partial charge on any atom is 0.0636 e. The molecule has 3 nitrogen and oxygen atoms in total. The Balaban J connectivity index is 1.88. The molecule has 3 aromatic rings. The molecule has 1 atom stereocenters. The van der Waals surface area contributed by atoms with Crippen molar-refractivity contribution in [3.63, 3.8) is 0 Å². The second-order valence-electron chi connectivity index (χ2n) is 6.27. The minimum Gasteiger partial charge on any atom is -0.392 e. The number of para-hydroxylation sites is 1. The monoisotopic (exact) mass is 308 g/mol. The van der Waals surface area contributed by atoms with Crippen LogP contribution in [0, 0.1) is 6.92 Å². The third-order valence-electron chi connectivity index (χ3n) is 4.06. The Kier molecular flexibility index (Phi) is 4.79. The molecule has 120 valence electrons. The molecular formula is C20H24N2O. The lowest BCUT2D eigenvalue weighted by Gasteiger charge is -2.06. The van der Waals surface area contributed by atoms with E-state index in [0.717, 1.165) is 13.1 Å². The van der Waals surface area contributed by atoms with Gasteiger partial charge in [0.25, 0.3) is 0 Å². The van der Waals surface area contributed by atoms with E-state index in [1.807, 2.05) is 0 Å². The van der Waals surface area contributed by atoms with Crippen molar-refractivity contribution in [2.45, 2.75) is 33.0 Å². The Morgan fingerprint density at radius 3 is 2.74 bits per heavy atom. The molecule has 0 bridgehead atoms. The molecular weight excluding hydrogens is 284 g/mol. The van der Waals surface area contributed by atoms with Gasteiger partial charge in [-0.15, -0.1) is 0 Å². The first-order chi connectivity index (χ1) is 11.1. The highest BCUT2D eigenvalue weighted by atomic mass is 16.3. The number of nitrogens with one attached hydrogen (secondary N) is 1. The molecule has 2 aromatic carbocycles. The lowest BCUT2D eigenvalue weighted by Crippen LogP contribution is -2.23. The lowest BCUT2D eigenvalue weighted by atomic mass is 10.1. The second-order valence-corrected chi connectivity index (χ2v) is 6.27. The minimum absolute atomic E-state index is 0.323. The first-order valence-electron chi connectivity index (χ1n) is 8.14. The molecule has 1 aromatic heterocycles. The van der Waals surface area contributed by atoms with Crippen LogP contribution in [0.1, 0.15) is 23.6 Å². The zero-order valence-electron chi connectivity index (χ0n) is 13.8. The van der Waals surface area contributed by atoms with E-state index in [2.05, 4.69) is 71.5 Å². The van der Waals surface area contributed by atoms with Gasteiger partial charge in [-0.3, -0.25) is 0 Å². The van der Waals surface area contributed by atoms with Crippen molar-refractivity contribution in [3.8, 4) is 0 Å². The van der Waals surface area contributed by atoms with Crippen LogP contribution in [-0.4, -0.2) is 22.3 Å². The van der Waals surface area contributed by atoms with Gasteiger partial charge in [-0.25, -0.2) is 0 Å². The van der Waals surface area contributed by atoms with Crippen LogP contribution in [0.15, 0.2) is 54.7 Å². The van der Waals surface area contributed by atoms with Crippen LogP contribution in [0.25, 0.3) is 10.9 Å². The quantitative estimate of drug-likeness (QED) is 0.731. The predicted octanol–water partition coefficient (Wildman–Crippen LogP) is 3.47. The van der Waals surface area contributed by atoms with Crippen LogP contribution in [0.2, 0.25) is 0 Å². The maximum atomic E-state index is 9.40. The number of aliphatic hydroxyl groups is 1. The summed E-state index contributed by atoms with van der Waals surface area (Å²) in [7, 11) is 0. The number of aryl methyl sites for hydroxylation is 1. The third-order valence-corrected chi connectivity index (χ3v) is 4.06. The Morgan fingerprint density at radius 2 is 1.96 bits per heavy atom. The molecule has 0 aliphatic rings. The molecule has 0 spiro atoms. The molecule has 0 saturated heterocycles. The van der Waals surface area contributed by atoms with Gasteiger partial charge in [-0.2, -0.15) is 0 Å². The van der Waals surface area contributed by atoms with Gasteiger partial charge in [0.15, 0.2) is 0 Å². The summed E-state index contributed by atoms with van der Waals surface area (Å²) < 4.78 is 2.31. The minimum atomic E-state index is -0.323. The molecule has 0 amide bonds. The highest BCUT2D eigenvalue weighted by molar-refractivity contribution is 5.84. The fraction of sp³-hybridized carbons (Fsp3) is 0.300. The van der Waals surface area contributed by atoms with E-state index in [0.29, 0.717) is 6.54 Å². The van der Waals surface area contributed by atoms with E-state index in [4.69, 9.17) is 0 Å². The summed E-state index contributed by atoms with van der Waals surface area (Å²) in [6.07, 6.45) is 1.90. The summed E-state index contributed by atoms with van der Waals surface area (Å²) in [6, 6.07) is 17.2. The average molecular weight is 308 g/mol. The molecule has 0 unspecified atom stereocenters. The Labute approximate surface area is 137 Å². The number of fused-ring (bicyclic) bond motifs is 1. The molecule has 0 fully saturated rings. The van der Waals surface area contributed by atoms with Gasteiger partial charge in [0.1, 0.15) is 0 Å². The highest BCUT2D eigenvalue weighted by Crippen LogP contribution is 2.22. The largest absolute Gasteiger partial charge is 0.392 e. The molecule has 2 N–H and O–H groups in total. The van der Waals surface area contributed by atoms with Gasteiger partial charge in [0.2, 0.25) is 0 Å². The molecule has 23 heavy (non-hydrogen) atoms. The van der Waals surface area contributed by atoms with E-state index >= 15 is 0 Å². The Morgan fingerprint density at radius 1 is 1.13 bits per heavy atom. The van der Waals surface area contributed by atoms with E-state index in [9.17, 15) is 5.11 Å². The summed E-state index contributed by atoms with van der Waals surface area (Å²) in [5.74, 6) is 0. The van der Waals surface area contributed by atoms with Crippen LogP contribution < -0.4 is 5.32 Å². The van der Waals surface area contributed by atoms with Crippen LogP contribution in [0.4, 0.5) is 0 Å². The standard InChI is InChI=1S/C20H24N2O/c1-15-6-5-7-17(10-15)13-22-14-18(12-21-11-16(2)23)19-8-3-4-9-20(19)22/h3-10,14,16,21,23H,11-13H2,1-2H3/t16-/m1/s1. The number of hydrogen-bond acceptors (Lipinski definition) is 2. The van der Waals surface area contributed by atoms with Crippen LogP contribution >= 0.6 is 0 Å². The number of nitrogens with zero attached hydrogens (tertiary/aromatic N) is 1. The molecule has 0 aliphatic carbocycles. The number of aliphatic hydroxyl groups excluding tert-OH is 1. The van der Waals surface area contributed by atoms with Gasteiger partial charge >= 0.3 is 0 Å². The van der Waals surface area contributed by atoms with E-state index in [1.54, 1.807) is 6.92 Å². The van der Waals surface area contributed by atoms with E-state index < -0.39 is 0 Å². The van der Waals surface area contributed by atoms with Gasteiger partial charge in [0, 0.05) is 36.7 Å². The fourth-order valence-corrected chi connectivity index (χ4v) is 3.02. The van der Waals surface area contributed by atoms with Crippen molar-refractivity contribution >= 4 is 10.9 Å². The average Bonchev–Trinajstić information content (AvgIpc) is 2.85. The van der Waals surface area contributed by atoms with E-state index in [-0.39, 0.29) is 6.10 Å². The molecule has 1 heterocycles. The van der Waals surface area contributed by atoms with Crippen LogP contribution in [0.3, 0.4) is 0 Å². The van der Waals surface area contributed by atoms with E-state index in [1.165, 1.54) is 27.6 Å². The van der Waals surface area contributed by atoms with Crippen molar-refractivity contribution < 1.29 is 5.11 Å². The van der Waals surface area contributed by atoms with Crippen molar-refractivity contribution in [3.05, 3.63) is 71.4 Å². The van der Waals surface area contributed by atoms with Gasteiger partial charge in [-0.1, -0.05) is 48.0 Å². The number of aromatic nitrogens is 1. The third kappa shape index (κ3) is 3.81. The molecule has 0 aliphatic heterocycles. The SMILES string of the molecule is Cc1cccc(Cn2cc(CNC[C@@H](C)O)c3ccccc32)c1. The zero-order chi connectivity index (χ0) is 16.2. The van der Waals surface area contributed by atoms with Crippen LogP contribution in [0.5, 0.6) is 0 Å². The zero-order valence-corrected chi connectivity index (χ0v) is 13.8. The van der Waals surface area contributed by atoms with Crippen molar-refractivity contribution in [1.29, 1.82) is 0 Å². The number of hydrogen-bond donors (Lipinski definition) is 2. The first kappa shape index (κ1) is 15.8. The predicted molar refractivity (Wildman–Crippen MR) is 95.6 cm³/mol. The normalized spacial score (nSPS) is 12.7.